The van der Waals surface area contributed by atoms with Crippen LogP contribution in [-0.4, -0.2) is 42.4 Å². The normalized spacial score (nSPS) is 11.9. The summed E-state index contributed by atoms with van der Waals surface area (Å²) in [6.45, 7) is 6.37. The van der Waals surface area contributed by atoms with Gasteiger partial charge in [0, 0.05) is 19.3 Å². The van der Waals surface area contributed by atoms with Gasteiger partial charge in [0.15, 0.2) is 11.7 Å². The molecule has 0 aliphatic rings. The summed E-state index contributed by atoms with van der Waals surface area (Å²) < 4.78 is 14.8. The van der Waals surface area contributed by atoms with Gasteiger partial charge in [-0.3, -0.25) is 19.3 Å². The monoisotopic (exact) mass is 499 g/mol. The first-order valence-electron chi connectivity index (χ1n) is 11.0. The minimum atomic E-state index is -1.17. The van der Waals surface area contributed by atoms with Crippen LogP contribution < -0.4 is 21.7 Å². The van der Waals surface area contributed by atoms with E-state index in [2.05, 4.69) is 23.5 Å². The molecular formula is C24H29N5O5S. The van der Waals surface area contributed by atoms with E-state index >= 15 is 0 Å². The molecule has 0 fully saturated rings. The SMILES string of the molecule is COCCNC(=O)[C@@H](c1ccc(C)o1)N(C(=O)c1snc(C(N)=O)c1N)c1ccc(C(C)C)cc1. The zero-order valence-electron chi connectivity index (χ0n) is 20.0. The van der Waals surface area contributed by atoms with Crippen molar-refractivity contribution >= 4 is 40.6 Å². The summed E-state index contributed by atoms with van der Waals surface area (Å²) in [7, 11) is 1.52. The van der Waals surface area contributed by atoms with Crippen LogP contribution in [0.25, 0.3) is 0 Å². The number of aryl methyl sites for hydroxylation is 1. The number of methoxy groups -OCH3 is 1. The smallest absolute Gasteiger partial charge is 0.273 e. The number of nitrogens with zero attached hydrogens (tertiary/aromatic N) is 2. The fourth-order valence-electron chi connectivity index (χ4n) is 3.49. The van der Waals surface area contributed by atoms with E-state index in [1.54, 1.807) is 31.2 Å². The van der Waals surface area contributed by atoms with Gasteiger partial charge in [0.05, 0.1) is 12.3 Å². The fraction of sp³-hybridized carbons (Fsp3) is 0.333. The van der Waals surface area contributed by atoms with Crippen LogP contribution in [0.4, 0.5) is 11.4 Å². The number of carbonyl (C=O) groups is 3. The van der Waals surface area contributed by atoms with Crippen LogP contribution in [-0.2, 0) is 9.53 Å². The topological polar surface area (TPSA) is 154 Å². The van der Waals surface area contributed by atoms with Gasteiger partial charge in [0.2, 0.25) is 0 Å². The third-order valence-corrected chi connectivity index (χ3v) is 6.21. The summed E-state index contributed by atoms with van der Waals surface area (Å²) in [6, 6.07) is 9.47. The van der Waals surface area contributed by atoms with Crippen molar-refractivity contribution < 1.29 is 23.5 Å². The Kier molecular flexibility index (Phi) is 8.26. The molecule has 1 aromatic carbocycles. The van der Waals surface area contributed by atoms with E-state index in [9.17, 15) is 14.4 Å². The molecule has 0 bridgehead atoms. The molecule has 0 aliphatic carbocycles. The maximum Gasteiger partial charge on any atom is 0.273 e. The molecule has 2 aromatic heterocycles. The zero-order valence-corrected chi connectivity index (χ0v) is 20.8. The van der Waals surface area contributed by atoms with Crippen molar-refractivity contribution in [3.8, 4) is 0 Å². The zero-order chi connectivity index (χ0) is 25.7. The van der Waals surface area contributed by atoms with E-state index in [1.807, 2.05) is 12.1 Å². The number of aromatic nitrogens is 1. The molecule has 2 heterocycles. The van der Waals surface area contributed by atoms with Gasteiger partial charge in [-0.2, -0.15) is 4.37 Å². The highest BCUT2D eigenvalue weighted by Crippen LogP contribution is 2.34. The third kappa shape index (κ3) is 5.69. The highest BCUT2D eigenvalue weighted by Gasteiger charge is 2.37. The number of carbonyl (C=O) groups excluding carboxylic acids is 3. The van der Waals surface area contributed by atoms with Crippen LogP contribution in [0.1, 0.15) is 63.1 Å². The summed E-state index contributed by atoms with van der Waals surface area (Å²) in [4.78, 5) is 40.3. The van der Waals surface area contributed by atoms with Crippen molar-refractivity contribution in [2.45, 2.75) is 32.7 Å². The Bertz CT molecular complexity index is 1200. The molecule has 0 saturated heterocycles. The second kappa shape index (κ2) is 11.2. The predicted octanol–water partition coefficient (Wildman–Crippen LogP) is 3.00. The highest BCUT2D eigenvalue weighted by atomic mass is 32.1. The van der Waals surface area contributed by atoms with Crippen LogP contribution >= 0.6 is 11.5 Å². The molecule has 0 spiro atoms. The molecule has 11 heteroatoms. The van der Waals surface area contributed by atoms with Crippen LogP contribution in [0.2, 0.25) is 0 Å². The first kappa shape index (κ1) is 25.9. The number of nitrogens with one attached hydrogen (secondary N) is 1. The lowest BCUT2D eigenvalue weighted by molar-refractivity contribution is -0.123. The molecule has 5 N–H and O–H groups in total. The van der Waals surface area contributed by atoms with Gasteiger partial charge < -0.3 is 25.9 Å². The molecular weight excluding hydrogens is 470 g/mol. The average molecular weight is 500 g/mol. The number of rotatable bonds is 10. The molecule has 0 aliphatic heterocycles. The molecule has 3 aromatic rings. The van der Waals surface area contributed by atoms with Crippen molar-refractivity contribution in [3.05, 3.63) is 64.1 Å². The number of ether oxygens (including phenoxy) is 1. The predicted molar refractivity (Wildman–Crippen MR) is 133 cm³/mol. The van der Waals surface area contributed by atoms with Gasteiger partial charge in [-0.25, -0.2) is 0 Å². The molecule has 35 heavy (non-hydrogen) atoms. The third-order valence-electron chi connectivity index (χ3n) is 5.35. The van der Waals surface area contributed by atoms with Crippen molar-refractivity contribution in [2.24, 2.45) is 5.73 Å². The Morgan fingerprint density at radius 3 is 2.37 bits per heavy atom. The highest BCUT2D eigenvalue weighted by molar-refractivity contribution is 7.09. The van der Waals surface area contributed by atoms with Gasteiger partial charge in [-0.15, -0.1) is 0 Å². The van der Waals surface area contributed by atoms with Crippen molar-refractivity contribution in [1.82, 2.24) is 9.69 Å². The van der Waals surface area contributed by atoms with Crippen molar-refractivity contribution in [1.29, 1.82) is 0 Å². The Morgan fingerprint density at radius 2 is 1.86 bits per heavy atom. The van der Waals surface area contributed by atoms with Crippen molar-refractivity contribution in [2.75, 3.05) is 30.9 Å². The number of primary amides is 1. The first-order valence-corrected chi connectivity index (χ1v) is 11.7. The number of hydrogen-bond acceptors (Lipinski definition) is 8. The lowest BCUT2D eigenvalue weighted by atomic mass is 10.0. The van der Waals surface area contributed by atoms with E-state index in [4.69, 9.17) is 20.6 Å². The Balaban J connectivity index is 2.15. The maximum absolute atomic E-state index is 13.9. The van der Waals surface area contributed by atoms with E-state index in [1.165, 1.54) is 12.0 Å². The molecule has 186 valence electrons. The summed E-state index contributed by atoms with van der Waals surface area (Å²) in [5.74, 6) is -0.838. The molecule has 3 rings (SSSR count). The number of benzene rings is 1. The summed E-state index contributed by atoms with van der Waals surface area (Å²) in [6.07, 6.45) is 0. The maximum atomic E-state index is 13.9. The van der Waals surface area contributed by atoms with E-state index in [-0.39, 0.29) is 41.1 Å². The Morgan fingerprint density at radius 1 is 1.17 bits per heavy atom. The summed E-state index contributed by atoms with van der Waals surface area (Å²) >= 11 is 0.745. The van der Waals surface area contributed by atoms with Crippen LogP contribution in [0.5, 0.6) is 0 Å². The number of nitrogen functional groups attached to an aromatic ring is 1. The molecule has 10 nitrogen and oxygen atoms in total. The minimum Gasteiger partial charge on any atom is -0.464 e. The van der Waals surface area contributed by atoms with Gasteiger partial charge in [0.1, 0.15) is 16.4 Å². The number of anilines is 2. The quantitative estimate of drug-likeness (QED) is 0.362. The number of amides is 3. The average Bonchev–Trinajstić information content (AvgIpc) is 3.42. The number of furan rings is 1. The molecule has 0 unspecified atom stereocenters. The lowest BCUT2D eigenvalue weighted by Gasteiger charge is -2.30. The fourth-order valence-corrected chi connectivity index (χ4v) is 4.23. The van der Waals surface area contributed by atoms with Crippen LogP contribution in [0.15, 0.2) is 40.8 Å². The molecule has 3 amide bonds. The first-order chi connectivity index (χ1) is 16.6. The molecule has 0 radical (unpaired) electrons. The number of nitrogens with two attached hydrogens (primary N) is 2. The largest absolute Gasteiger partial charge is 0.464 e. The lowest BCUT2D eigenvalue weighted by Crippen LogP contribution is -2.44. The minimum absolute atomic E-state index is 0.00953. The molecule has 0 saturated carbocycles. The summed E-state index contributed by atoms with van der Waals surface area (Å²) in [5.41, 5.74) is 12.6. The standard InChI is InChI=1S/C24H29N5O5S/c1-13(2)15-6-8-16(9-7-15)29(24(32)21-18(25)19(22(26)30)28-35-21)20(17-10-5-14(3)34-17)23(31)27-11-12-33-4/h5-10,13,20H,11-12,25H2,1-4H3,(H2,26,30)(H,27,31)/t20-/m1/s1. The Hall–Kier alpha value is -3.70. The summed E-state index contributed by atoms with van der Waals surface area (Å²) in [5, 5.41) is 2.78. The van der Waals surface area contributed by atoms with Gasteiger partial charge in [-0.05, 0) is 54.2 Å². The second-order valence-corrected chi connectivity index (χ2v) is 8.97. The van der Waals surface area contributed by atoms with Gasteiger partial charge in [0.25, 0.3) is 17.7 Å². The van der Waals surface area contributed by atoms with Gasteiger partial charge in [-0.1, -0.05) is 26.0 Å². The second-order valence-electron chi connectivity index (χ2n) is 8.19. The van der Waals surface area contributed by atoms with Crippen molar-refractivity contribution in [3.63, 3.8) is 0 Å². The van der Waals surface area contributed by atoms with E-state index in [0.717, 1.165) is 17.1 Å². The van der Waals surface area contributed by atoms with Crippen LogP contribution in [0.3, 0.4) is 0 Å². The van der Waals surface area contributed by atoms with Gasteiger partial charge >= 0.3 is 0 Å². The van der Waals surface area contributed by atoms with E-state index in [0.29, 0.717) is 11.4 Å². The Labute approximate surface area is 207 Å². The van der Waals surface area contributed by atoms with Crippen LogP contribution in [0, 0.1) is 6.92 Å². The van der Waals surface area contributed by atoms with E-state index < -0.39 is 23.8 Å². The molecule has 1 atom stereocenters. The number of hydrogen-bond donors (Lipinski definition) is 3.